The molecule has 1 N–H and O–H groups in total. The van der Waals surface area contributed by atoms with Gasteiger partial charge in [0.05, 0.1) is 6.04 Å². The first kappa shape index (κ1) is 11.6. The number of fused-ring (bicyclic) bond motifs is 2. The zero-order valence-electron chi connectivity index (χ0n) is 10.3. The van der Waals surface area contributed by atoms with Crippen molar-refractivity contribution in [1.82, 2.24) is 5.32 Å². The monoisotopic (exact) mass is 253 g/mol. The van der Waals surface area contributed by atoms with Gasteiger partial charge in [-0.2, -0.15) is 0 Å². The second-order valence-corrected chi connectivity index (χ2v) is 6.03. The van der Waals surface area contributed by atoms with Gasteiger partial charge in [-0.15, -0.1) is 0 Å². The molecule has 0 radical (unpaired) electrons. The Balaban J connectivity index is 1.66. The van der Waals surface area contributed by atoms with Crippen LogP contribution in [-0.4, -0.2) is 7.05 Å². The average Bonchev–Trinajstić information content (AvgIpc) is 3.01. The summed E-state index contributed by atoms with van der Waals surface area (Å²) in [7, 11) is 2.01. The van der Waals surface area contributed by atoms with E-state index in [0.29, 0.717) is 11.3 Å². The van der Waals surface area contributed by atoms with Crippen LogP contribution in [0.25, 0.3) is 0 Å². The predicted octanol–water partition coefficient (Wildman–Crippen LogP) is 4.02. The van der Waals surface area contributed by atoms with Crippen molar-refractivity contribution in [3.05, 3.63) is 23.1 Å². The van der Waals surface area contributed by atoms with Gasteiger partial charge in [0.2, 0.25) is 0 Å². The van der Waals surface area contributed by atoms with E-state index in [1.165, 1.54) is 32.1 Å². The third-order valence-electron chi connectivity index (χ3n) is 4.71. The second kappa shape index (κ2) is 4.66. The molecule has 0 amide bonds. The predicted molar refractivity (Wildman–Crippen MR) is 69.1 cm³/mol. The van der Waals surface area contributed by atoms with Gasteiger partial charge in [-0.3, -0.25) is 0 Å². The Bertz CT molecular complexity index is 389. The molecule has 2 aliphatic carbocycles. The quantitative estimate of drug-likeness (QED) is 0.877. The van der Waals surface area contributed by atoms with Crippen molar-refractivity contribution in [3.8, 4) is 0 Å². The van der Waals surface area contributed by atoms with Crippen LogP contribution in [-0.2, 0) is 0 Å². The van der Waals surface area contributed by atoms with E-state index in [0.717, 1.165) is 23.5 Å². The highest BCUT2D eigenvalue weighted by atomic mass is 35.5. The van der Waals surface area contributed by atoms with Crippen molar-refractivity contribution in [2.45, 2.75) is 38.1 Å². The Morgan fingerprint density at radius 1 is 1.41 bits per heavy atom. The van der Waals surface area contributed by atoms with Crippen LogP contribution in [0.4, 0.5) is 0 Å². The van der Waals surface area contributed by atoms with Gasteiger partial charge in [0, 0.05) is 0 Å². The van der Waals surface area contributed by atoms with Gasteiger partial charge < -0.3 is 9.73 Å². The summed E-state index contributed by atoms with van der Waals surface area (Å²) in [4.78, 5) is 0. The third-order valence-corrected chi connectivity index (χ3v) is 4.91. The number of rotatable bonds is 4. The van der Waals surface area contributed by atoms with Crippen LogP contribution in [0.5, 0.6) is 0 Å². The summed E-state index contributed by atoms with van der Waals surface area (Å²) in [6, 6.07) is 4.16. The molecule has 2 nitrogen and oxygen atoms in total. The largest absolute Gasteiger partial charge is 0.448 e. The minimum Gasteiger partial charge on any atom is -0.448 e. The fourth-order valence-corrected chi connectivity index (χ4v) is 4.01. The van der Waals surface area contributed by atoms with Crippen molar-refractivity contribution in [2.75, 3.05) is 7.05 Å². The van der Waals surface area contributed by atoms with E-state index in [-0.39, 0.29) is 0 Å². The van der Waals surface area contributed by atoms with Crippen LogP contribution in [0.2, 0.25) is 5.22 Å². The molecule has 0 aromatic carbocycles. The molecule has 1 aromatic rings. The summed E-state index contributed by atoms with van der Waals surface area (Å²) in [5.74, 6) is 3.86. The van der Waals surface area contributed by atoms with Gasteiger partial charge >= 0.3 is 0 Å². The molecule has 94 valence electrons. The van der Waals surface area contributed by atoms with E-state index in [4.69, 9.17) is 16.0 Å². The van der Waals surface area contributed by atoms with Crippen molar-refractivity contribution < 1.29 is 4.42 Å². The first-order chi connectivity index (χ1) is 8.26. The molecule has 17 heavy (non-hydrogen) atoms. The SMILES string of the molecule is CNC(CC1CC2CCC1C2)c1ccc(Cl)o1. The van der Waals surface area contributed by atoms with Gasteiger partial charge in [-0.05, 0) is 74.2 Å². The molecule has 2 fully saturated rings. The van der Waals surface area contributed by atoms with Crippen LogP contribution < -0.4 is 5.32 Å². The highest BCUT2D eigenvalue weighted by molar-refractivity contribution is 6.28. The van der Waals surface area contributed by atoms with Crippen molar-refractivity contribution >= 4 is 11.6 Å². The number of nitrogens with one attached hydrogen (secondary N) is 1. The summed E-state index contributed by atoms with van der Waals surface area (Å²) in [6.45, 7) is 0. The molecular formula is C14H20ClNO. The normalized spacial score (nSPS) is 33.2. The minimum absolute atomic E-state index is 0.326. The lowest BCUT2D eigenvalue weighted by molar-refractivity contribution is 0.269. The van der Waals surface area contributed by atoms with Gasteiger partial charge in [0.15, 0.2) is 5.22 Å². The maximum Gasteiger partial charge on any atom is 0.193 e. The van der Waals surface area contributed by atoms with Crippen molar-refractivity contribution in [2.24, 2.45) is 17.8 Å². The lowest BCUT2D eigenvalue weighted by Gasteiger charge is -2.25. The average molecular weight is 254 g/mol. The lowest BCUT2D eigenvalue weighted by Crippen LogP contribution is -2.22. The molecule has 2 aliphatic rings. The zero-order chi connectivity index (χ0) is 11.8. The summed E-state index contributed by atoms with van der Waals surface area (Å²) < 4.78 is 5.53. The highest BCUT2D eigenvalue weighted by Gasteiger charge is 2.40. The lowest BCUT2D eigenvalue weighted by atomic mass is 9.84. The van der Waals surface area contributed by atoms with Crippen LogP contribution in [0.1, 0.15) is 43.9 Å². The fraction of sp³-hybridized carbons (Fsp3) is 0.714. The molecule has 3 heteroatoms. The van der Waals surface area contributed by atoms with E-state index in [1.807, 2.05) is 19.2 Å². The maximum atomic E-state index is 5.85. The van der Waals surface area contributed by atoms with Crippen LogP contribution in [0.3, 0.4) is 0 Å². The third kappa shape index (κ3) is 2.25. The molecule has 1 heterocycles. The Hall–Kier alpha value is -0.470. The smallest absolute Gasteiger partial charge is 0.193 e. The molecule has 0 saturated heterocycles. The molecule has 4 unspecified atom stereocenters. The molecule has 2 bridgehead atoms. The topological polar surface area (TPSA) is 25.2 Å². The number of furan rings is 1. The summed E-state index contributed by atoms with van der Waals surface area (Å²) in [5, 5.41) is 3.86. The van der Waals surface area contributed by atoms with Gasteiger partial charge in [-0.25, -0.2) is 0 Å². The van der Waals surface area contributed by atoms with Gasteiger partial charge in [-0.1, -0.05) is 6.42 Å². The van der Waals surface area contributed by atoms with Crippen LogP contribution in [0.15, 0.2) is 16.5 Å². The van der Waals surface area contributed by atoms with Crippen molar-refractivity contribution in [1.29, 1.82) is 0 Å². The number of halogens is 1. The highest BCUT2D eigenvalue weighted by Crippen LogP contribution is 2.50. The van der Waals surface area contributed by atoms with E-state index in [2.05, 4.69) is 5.32 Å². The molecule has 4 atom stereocenters. The molecule has 2 saturated carbocycles. The van der Waals surface area contributed by atoms with E-state index in [1.54, 1.807) is 0 Å². The Kier molecular flexibility index (Phi) is 3.18. The first-order valence-corrected chi connectivity index (χ1v) is 7.06. The fourth-order valence-electron chi connectivity index (χ4n) is 3.86. The van der Waals surface area contributed by atoms with E-state index >= 15 is 0 Å². The maximum absolute atomic E-state index is 5.85. The standard InChI is InChI=1S/C14H20ClNO/c1-16-12(13-4-5-14(15)17-13)8-11-7-9-2-3-10(11)6-9/h4-5,9-12,16H,2-3,6-8H2,1H3. The second-order valence-electron chi connectivity index (χ2n) is 5.65. The molecule has 0 aliphatic heterocycles. The molecule has 1 aromatic heterocycles. The van der Waals surface area contributed by atoms with Gasteiger partial charge in [0.25, 0.3) is 0 Å². The van der Waals surface area contributed by atoms with E-state index < -0.39 is 0 Å². The number of hydrogen-bond donors (Lipinski definition) is 1. The van der Waals surface area contributed by atoms with Crippen LogP contribution in [0, 0.1) is 17.8 Å². The first-order valence-electron chi connectivity index (χ1n) is 6.68. The number of hydrogen-bond acceptors (Lipinski definition) is 2. The summed E-state index contributed by atoms with van der Waals surface area (Å²) in [6.07, 6.45) is 7.02. The molecule has 3 rings (SSSR count). The molecular weight excluding hydrogens is 234 g/mol. The minimum atomic E-state index is 0.326. The summed E-state index contributed by atoms with van der Waals surface area (Å²) in [5.41, 5.74) is 0. The Morgan fingerprint density at radius 2 is 2.29 bits per heavy atom. The zero-order valence-corrected chi connectivity index (χ0v) is 11.0. The Labute approximate surface area is 108 Å². The van der Waals surface area contributed by atoms with Crippen LogP contribution >= 0.6 is 11.6 Å². The van der Waals surface area contributed by atoms with Gasteiger partial charge in [0.1, 0.15) is 5.76 Å². The van der Waals surface area contributed by atoms with E-state index in [9.17, 15) is 0 Å². The molecule has 0 spiro atoms. The summed E-state index contributed by atoms with van der Waals surface area (Å²) >= 11 is 5.85. The van der Waals surface area contributed by atoms with Crippen molar-refractivity contribution in [3.63, 3.8) is 0 Å². The Morgan fingerprint density at radius 3 is 2.82 bits per heavy atom.